The zero-order valence-corrected chi connectivity index (χ0v) is 37.7. The molecule has 65 heavy (non-hydrogen) atoms. The number of phenolic OH excluding ortho intramolecular Hbond substituents is 3. The van der Waals surface area contributed by atoms with Crippen LogP contribution < -0.4 is 15.0 Å². The number of rotatable bonds is 9. The molecule has 2 aromatic heterocycles. The first-order chi connectivity index (χ1) is 31.5. The predicted molar refractivity (Wildman–Crippen MR) is 251 cm³/mol. The van der Waals surface area contributed by atoms with Gasteiger partial charge in [0.05, 0.1) is 18.8 Å². The molecule has 3 aliphatic rings. The fraction of sp³-hybridized carbons (Fsp3) is 0.415. The second-order valence-corrected chi connectivity index (χ2v) is 18.1. The molecule has 4 atom stereocenters. The van der Waals surface area contributed by atoms with Crippen molar-refractivity contribution < 1.29 is 39.2 Å². The van der Waals surface area contributed by atoms with Crippen LogP contribution in [0.3, 0.4) is 0 Å². The summed E-state index contributed by atoms with van der Waals surface area (Å²) in [6.45, 7) is 4.53. The Kier molecular flexibility index (Phi) is 14.0. The maximum Gasteiger partial charge on any atom is 0.302 e. The molecule has 5 N–H and O–H groups in total. The van der Waals surface area contributed by atoms with Gasteiger partial charge in [-0.25, -0.2) is 0 Å². The number of carbonyl (C=O) groups excluding carboxylic acids is 3. The van der Waals surface area contributed by atoms with Crippen molar-refractivity contribution in [3.63, 3.8) is 0 Å². The summed E-state index contributed by atoms with van der Waals surface area (Å²) in [5.41, 5.74) is 5.89. The minimum absolute atomic E-state index is 0.00225. The van der Waals surface area contributed by atoms with Crippen LogP contribution in [0.4, 0.5) is 5.69 Å². The number of ether oxygens (including phenoxy) is 2. The Labute approximate surface area is 381 Å². The van der Waals surface area contributed by atoms with E-state index in [1.54, 1.807) is 12.1 Å². The Morgan fingerprint density at radius 2 is 1.66 bits per heavy atom. The lowest BCUT2D eigenvalue weighted by molar-refractivity contribution is -0.148. The van der Waals surface area contributed by atoms with Gasteiger partial charge < -0.3 is 44.6 Å². The zero-order chi connectivity index (χ0) is 45.6. The number of nitrogens with one attached hydrogen (secondary N) is 2. The summed E-state index contributed by atoms with van der Waals surface area (Å²) in [6, 6.07) is 16.0. The molecule has 0 spiro atoms. The number of esters is 1. The number of ketones is 2. The van der Waals surface area contributed by atoms with E-state index in [0.29, 0.717) is 37.9 Å². The Morgan fingerprint density at radius 1 is 0.877 bits per heavy atom. The quantitative estimate of drug-likeness (QED) is 0.0711. The zero-order valence-electron chi connectivity index (χ0n) is 37.7. The van der Waals surface area contributed by atoms with Gasteiger partial charge >= 0.3 is 5.97 Å². The fourth-order valence-corrected chi connectivity index (χ4v) is 10.3. The first-order valence-corrected chi connectivity index (χ1v) is 23.3. The highest BCUT2D eigenvalue weighted by Crippen LogP contribution is 2.42. The molecule has 0 radical (unpaired) electrons. The molecule has 0 saturated heterocycles. The van der Waals surface area contributed by atoms with Crippen LogP contribution in [0.2, 0.25) is 0 Å². The summed E-state index contributed by atoms with van der Waals surface area (Å²) in [5, 5.41) is 37.8. The number of allylic oxidation sites excluding steroid dienone is 2. The summed E-state index contributed by atoms with van der Waals surface area (Å²) < 4.78 is 13.3. The molecule has 1 fully saturated rings. The minimum atomic E-state index is -0.646. The molecule has 8 rings (SSSR count). The van der Waals surface area contributed by atoms with Gasteiger partial charge in [0.1, 0.15) is 29.2 Å². The number of hydrogen-bond donors (Lipinski definition) is 5. The first-order valence-electron chi connectivity index (χ1n) is 23.3. The van der Waals surface area contributed by atoms with Crippen molar-refractivity contribution in [3.05, 3.63) is 125 Å². The number of methoxy groups -OCH3 is 1. The van der Waals surface area contributed by atoms with Gasteiger partial charge in [-0.05, 0) is 109 Å². The number of dihydropyridines is 1. The van der Waals surface area contributed by atoms with E-state index in [0.717, 1.165) is 78.4 Å². The number of phenols is 3. The van der Waals surface area contributed by atoms with Crippen molar-refractivity contribution in [3.8, 4) is 23.0 Å². The lowest BCUT2D eigenvalue weighted by atomic mass is 9.82. The maximum atomic E-state index is 14.4. The number of carbonyl (C=O) groups is 3. The van der Waals surface area contributed by atoms with Crippen LogP contribution in [0.15, 0.2) is 103 Å². The number of fused-ring (bicyclic) bond motifs is 3. The average molecular weight is 883 g/mol. The van der Waals surface area contributed by atoms with Gasteiger partial charge in [0.2, 0.25) is 5.75 Å². The number of H-pyrrole nitrogens is 1. The molecule has 4 bridgehead atoms. The molecule has 12 heteroatoms. The molecule has 1 saturated carbocycles. The first kappa shape index (κ1) is 45.1. The average Bonchev–Trinajstić information content (AvgIpc) is 4.09. The van der Waals surface area contributed by atoms with Gasteiger partial charge in [0, 0.05) is 86.7 Å². The van der Waals surface area contributed by atoms with Crippen LogP contribution in [0.5, 0.6) is 23.0 Å². The maximum absolute atomic E-state index is 14.4. The summed E-state index contributed by atoms with van der Waals surface area (Å²) >= 11 is 0. The standard InChI is InChI=1S/C53H62N4O8/c1-4-34-15-16-44(65-33(2)58)27-43(60)28-48(39-24-50(62)53(63)51(25-39)64-3)56-31-38-12-8-14-47(46(38)32-56)57(20-18-49(61)35-9-5-6-10-35)52-26-37(17-19-55-52)45(36-11-7-13-42(59)22-36)23-41-30-54-29-40(41)21-34/h7-8,11-14,17,22,24-26,29-32,34-35,44-45,48,54-55,59,62-63H,4-6,9-10,15-16,18-21,23,27-28H2,1-3H3/t34-,44-,45+,48-/m1/s1. The largest absolute Gasteiger partial charge is 0.508 e. The van der Waals surface area contributed by atoms with E-state index < -0.39 is 23.9 Å². The van der Waals surface area contributed by atoms with Crippen molar-refractivity contribution in [1.82, 2.24) is 14.9 Å². The highest BCUT2D eigenvalue weighted by molar-refractivity contribution is 5.95. The molecule has 4 heterocycles. The third-order valence-electron chi connectivity index (χ3n) is 13.8. The molecule has 12 nitrogen and oxygen atoms in total. The molecule has 342 valence electrons. The number of aromatic hydroxyl groups is 3. The molecule has 3 aromatic carbocycles. The van der Waals surface area contributed by atoms with Crippen molar-refractivity contribution >= 4 is 34.0 Å². The normalized spacial score (nSPS) is 21.2. The van der Waals surface area contributed by atoms with Crippen LogP contribution in [0, 0.1) is 11.8 Å². The Bertz CT molecular complexity index is 2580. The second-order valence-electron chi connectivity index (χ2n) is 18.1. The minimum Gasteiger partial charge on any atom is -0.508 e. The monoisotopic (exact) mass is 882 g/mol. The second kappa shape index (κ2) is 20.2. The summed E-state index contributed by atoms with van der Waals surface area (Å²) in [7, 11) is 1.41. The van der Waals surface area contributed by atoms with Gasteiger partial charge in [-0.2, -0.15) is 0 Å². The van der Waals surface area contributed by atoms with Gasteiger partial charge in [0.15, 0.2) is 11.5 Å². The van der Waals surface area contributed by atoms with Crippen LogP contribution in [-0.2, 0) is 32.0 Å². The molecule has 0 amide bonds. The van der Waals surface area contributed by atoms with E-state index in [2.05, 4.69) is 58.8 Å². The van der Waals surface area contributed by atoms with E-state index in [1.807, 2.05) is 41.2 Å². The number of aromatic nitrogens is 2. The van der Waals surface area contributed by atoms with Crippen LogP contribution >= 0.6 is 0 Å². The van der Waals surface area contributed by atoms with E-state index in [-0.39, 0.29) is 59.4 Å². The smallest absolute Gasteiger partial charge is 0.302 e. The highest BCUT2D eigenvalue weighted by Gasteiger charge is 2.30. The summed E-state index contributed by atoms with van der Waals surface area (Å²) in [4.78, 5) is 46.2. The number of Topliss-reactive ketones (excluding diaryl/α,β-unsaturated/α-hetero) is 2. The van der Waals surface area contributed by atoms with E-state index in [1.165, 1.54) is 31.2 Å². The van der Waals surface area contributed by atoms with E-state index >= 15 is 0 Å². The van der Waals surface area contributed by atoms with Crippen LogP contribution in [0.1, 0.15) is 112 Å². The summed E-state index contributed by atoms with van der Waals surface area (Å²) in [6.07, 6.45) is 19.9. The van der Waals surface area contributed by atoms with Gasteiger partial charge in [0.25, 0.3) is 0 Å². The van der Waals surface area contributed by atoms with Crippen molar-refractivity contribution in [2.45, 2.75) is 109 Å². The Morgan fingerprint density at radius 3 is 2.42 bits per heavy atom. The van der Waals surface area contributed by atoms with Gasteiger partial charge in [-0.3, -0.25) is 14.4 Å². The van der Waals surface area contributed by atoms with Crippen molar-refractivity contribution in [1.29, 1.82) is 0 Å². The molecule has 2 aliphatic heterocycles. The molecular weight excluding hydrogens is 821 g/mol. The number of benzene rings is 3. The fourth-order valence-electron chi connectivity index (χ4n) is 10.3. The topological polar surface area (TPSA) is 166 Å². The lowest BCUT2D eigenvalue weighted by Gasteiger charge is -2.32. The van der Waals surface area contributed by atoms with Crippen molar-refractivity contribution in [2.24, 2.45) is 11.8 Å². The summed E-state index contributed by atoms with van der Waals surface area (Å²) in [5.74, 6) is 0.274. The van der Waals surface area contributed by atoms with E-state index in [4.69, 9.17) is 9.47 Å². The Hall–Kier alpha value is -6.43. The molecular formula is C53H62N4O8. The number of hydrogen-bond acceptors (Lipinski definition) is 10. The predicted octanol–water partition coefficient (Wildman–Crippen LogP) is 9.68. The number of anilines is 1. The van der Waals surface area contributed by atoms with Crippen LogP contribution in [-0.4, -0.2) is 68.7 Å². The number of aromatic amines is 1. The highest BCUT2D eigenvalue weighted by atomic mass is 16.5. The van der Waals surface area contributed by atoms with Crippen LogP contribution in [0.25, 0.3) is 10.8 Å². The number of nitrogens with zero attached hydrogens (tertiary/aromatic N) is 2. The third kappa shape index (κ3) is 10.4. The SMILES string of the molecule is CC[C@@H]1CC[C@@H](OC(C)=O)CC(=O)C[C@H](c2cc(O)c(O)c(OC)c2)n2cc3cccc(c3c2)N(CCC(=O)C2CCCC2)C2=CC(=CCN2)[C@H](c2cccc(O)c2)Cc2c[nH]cc2C1. The van der Waals surface area contributed by atoms with Crippen molar-refractivity contribution in [2.75, 3.05) is 25.1 Å². The molecule has 5 aromatic rings. The molecule has 1 aliphatic carbocycles. The molecule has 0 unspecified atom stereocenters. The van der Waals surface area contributed by atoms with Gasteiger partial charge in [-0.15, -0.1) is 0 Å². The third-order valence-corrected chi connectivity index (χ3v) is 13.8. The van der Waals surface area contributed by atoms with Gasteiger partial charge in [-0.1, -0.05) is 56.5 Å². The lowest BCUT2D eigenvalue weighted by Crippen LogP contribution is -2.36. The Balaban J connectivity index is 1.28. The van der Waals surface area contributed by atoms with E-state index in [9.17, 15) is 29.7 Å².